The summed E-state index contributed by atoms with van der Waals surface area (Å²) in [7, 11) is -3.92. The Kier molecular flexibility index (Phi) is 4.83. The Morgan fingerprint density at radius 2 is 2.00 bits per heavy atom. The summed E-state index contributed by atoms with van der Waals surface area (Å²) in [6, 6.07) is 12.0. The summed E-state index contributed by atoms with van der Waals surface area (Å²) >= 11 is 0. The third-order valence-electron chi connectivity index (χ3n) is 5.60. The number of halogens is 1. The van der Waals surface area contributed by atoms with E-state index in [2.05, 4.69) is 5.10 Å². The first-order valence-corrected chi connectivity index (χ1v) is 11.3. The first kappa shape index (κ1) is 20.4. The molecule has 1 N–H and O–H groups in total. The molecular formula is C22H18FN3O5S. The van der Waals surface area contributed by atoms with Gasteiger partial charge in [-0.2, -0.15) is 17.6 Å². The van der Waals surface area contributed by atoms with Gasteiger partial charge >= 0.3 is 0 Å². The predicted octanol–water partition coefficient (Wildman–Crippen LogP) is 2.62. The molecule has 1 unspecified atom stereocenters. The Labute approximate surface area is 182 Å². The van der Waals surface area contributed by atoms with Crippen LogP contribution in [-0.2, 0) is 27.9 Å². The van der Waals surface area contributed by atoms with Crippen LogP contribution in [0.3, 0.4) is 0 Å². The molecule has 164 valence electrons. The van der Waals surface area contributed by atoms with Crippen molar-refractivity contribution in [3.63, 3.8) is 0 Å². The number of hydrogen-bond acceptors (Lipinski definition) is 6. The van der Waals surface area contributed by atoms with Crippen LogP contribution < -0.4 is 0 Å². The average molecular weight is 455 g/mol. The van der Waals surface area contributed by atoms with Gasteiger partial charge in [0.05, 0.1) is 35.9 Å². The van der Waals surface area contributed by atoms with Crippen molar-refractivity contribution in [3.05, 3.63) is 83.6 Å². The molecule has 1 aliphatic rings. The van der Waals surface area contributed by atoms with Gasteiger partial charge in [0, 0.05) is 29.3 Å². The summed E-state index contributed by atoms with van der Waals surface area (Å²) in [6.07, 6.45) is 2.87. The maximum absolute atomic E-state index is 14.1. The van der Waals surface area contributed by atoms with Crippen LogP contribution in [0.15, 0.2) is 70.3 Å². The molecule has 3 heterocycles. The van der Waals surface area contributed by atoms with E-state index in [-0.39, 0.29) is 23.5 Å². The lowest BCUT2D eigenvalue weighted by atomic mass is 9.98. The largest absolute Gasteiger partial charge is 0.464 e. The number of benzene rings is 2. The molecule has 8 nitrogen and oxygen atoms in total. The van der Waals surface area contributed by atoms with Gasteiger partial charge in [0.15, 0.2) is 0 Å². The maximum Gasteiger partial charge on any atom is 0.282 e. The van der Waals surface area contributed by atoms with E-state index in [4.69, 9.17) is 4.42 Å². The lowest BCUT2D eigenvalue weighted by Crippen LogP contribution is -2.33. The molecule has 0 saturated carbocycles. The first-order chi connectivity index (χ1) is 15.4. The number of amides is 1. The molecule has 0 radical (unpaired) electrons. The van der Waals surface area contributed by atoms with E-state index < -0.39 is 34.3 Å². The van der Waals surface area contributed by atoms with E-state index in [1.807, 2.05) is 0 Å². The first-order valence-electron chi connectivity index (χ1n) is 9.83. The van der Waals surface area contributed by atoms with Crippen LogP contribution in [0.2, 0.25) is 0 Å². The van der Waals surface area contributed by atoms with E-state index in [0.29, 0.717) is 22.2 Å². The average Bonchev–Trinajstić information content (AvgIpc) is 3.49. The lowest BCUT2D eigenvalue weighted by Gasteiger charge is -2.22. The number of carbonyl (C=O) groups excluding carboxylic acids is 1. The smallest absolute Gasteiger partial charge is 0.282 e. The summed E-state index contributed by atoms with van der Waals surface area (Å²) < 4.78 is 46.3. The zero-order valence-corrected chi connectivity index (χ0v) is 17.5. The minimum absolute atomic E-state index is 0.0698. The van der Waals surface area contributed by atoms with Gasteiger partial charge < -0.3 is 14.4 Å². The van der Waals surface area contributed by atoms with Gasteiger partial charge in [0.1, 0.15) is 11.4 Å². The number of furan rings is 1. The predicted molar refractivity (Wildman–Crippen MR) is 112 cm³/mol. The van der Waals surface area contributed by atoms with E-state index in [1.165, 1.54) is 47.7 Å². The summed E-state index contributed by atoms with van der Waals surface area (Å²) in [5.41, 5.74) is 1.72. The monoisotopic (exact) mass is 455 g/mol. The summed E-state index contributed by atoms with van der Waals surface area (Å²) in [6.45, 7) is -0.351. The van der Waals surface area contributed by atoms with Crippen LogP contribution in [0.25, 0.3) is 11.0 Å². The molecule has 1 aliphatic heterocycles. The van der Waals surface area contributed by atoms with Gasteiger partial charge in [-0.1, -0.05) is 18.2 Å². The molecule has 1 amide bonds. The Morgan fingerprint density at radius 1 is 1.19 bits per heavy atom. The third kappa shape index (κ3) is 3.28. The number of hydrogen-bond donors (Lipinski definition) is 1. The Morgan fingerprint density at radius 3 is 2.75 bits per heavy atom. The second-order valence-electron chi connectivity index (χ2n) is 7.55. The zero-order valence-electron chi connectivity index (χ0n) is 16.7. The van der Waals surface area contributed by atoms with Gasteiger partial charge in [0.25, 0.3) is 10.0 Å². The Balaban J connectivity index is 1.38. The number of nitrogens with zero attached hydrogens (tertiary/aromatic N) is 3. The summed E-state index contributed by atoms with van der Waals surface area (Å²) in [5, 5.41) is 14.6. The zero-order chi connectivity index (χ0) is 22.5. The SMILES string of the molecule is O=C(C(CO)c1ccccc1F)N1Cc2cn(S(=O)(=O)c3ccc4occc4c3)nc2C1. The molecule has 2 aromatic carbocycles. The minimum atomic E-state index is -3.92. The number of aliphatic hydroxyl groups excluding tert-OH is 1. The highest BCUT2D eigenvalue weighted by atomic mass is 32.2. The van der Waals surface area contributed by atoms with Crippen molar-refractivity contribution < 1.29 is 27.1 Å². The van der Waals surface area contributed by atoms with Crippen LogP contribution in [0.1, 0.15) is 22.7 Å². The lowest BCUT2D eigenvalue weighted by molar-refractivity contribution is -0.134. The molecule has 0 bridgehead atoms. The van der Waals surface area contributed by atoms with Crippen molar-refractivity contribution in [1.82, 2.24) is 14.1 Å². The Bertz CT molecular complexity index is 1420. The topological polar surface area (TPSA) is 106 Å². The highest BCUT2D eigenvalue weighted by Gasteiger charge is 2.34. The molecule has 0 spiro atoms. The fourth-order valence-corrected chi connectivity index (χ4v) is 5.11. The van der Waals surface area contributed by atoms with Crippen molar-refractivity contribution in [2.24, 2.45) is 0 Å². The molecule has 10 heteroatoms. The minimum Gasteiger partial charge on any atom is -0.464 e. The number of carbonyl (C=O) groups is 1. The fraction of sp³-hybridized carbons (Fsp3) is 0.182. The van der Waals surface area contributed by atoms with Gasteiger partial charge in [-0.15, -0.1) is 0 Å². The molecule has 32 heavy (non-hydrogen) atoms. The molecule has 0 aliphatic carbocycles. The van der Waals surface area contributed by atoms with Gasteiger partial charge in [-0.05, 0) is 30.3 Å². The van der Waals surface area contributed by atoms with Crippen molar-refractivity contribution in [1.29, 1.82) is 0 Å². The van der Waals surface area contributed by atoms with Crippen LogP contribution >= 0.6 is 0 Å². The molecular weight excluding hydrogens is 437 g/mol. The number of aromatic nitrogens is 2. The summed E-state index contributed by atoms with van der Waals surface area (Å²) in [4.78, 5) is 14.4. The quantitative estimate of drug-likeness (QED) is 0.496. The van der Waals surface area contributed by atoms with Crippen LogP contribution in [-0.4, -0.2) is 40.1 Å². The van der Waals surface area contributed by atoms with Crippen molar-refractivity contribution in [2.75, 3.05) is 6.61 Å². The summed E-state index contributed by atoms with van der Waals surface area (Å²) in [5.74, 6) is -2.06. The van der Waals surface area contributed by atoms with Crippen molar-refractivity contribution in [3.8, 4) is 0 Å². The van der Waals surface area contributed by atoms with E-state index in [9.17, 15) is 22.7 Å². The second kappa shape index (κ2) is 7.57. The molecule has 5 rings (SSSR count). The molecule has 0 saturated heterocycles. The second-order valence-corrected chi connectivity index (χ2v) is 9.35. The number of rotatable bonds is 5. The van der Waals surface area contributed by atoms with Crippen molar-refractivity contribution >= 4 is 26.9 Å². The molecule has 1 atom stereocenters. The number of aliphatic hydroxyl groups is 1. The van der Waals surface area contributed by atoms with Crippen molar-refractivity contribution in [2.45, 2.75) is 23.9 Å². The van der Waals surface area contributed by atoms with E-state index in [0.717, 1.165) is 4.09 Å². The normalized spacial score (nSPS) is 14.6. The molecule has 0 fully saturated rings. The molecule has 2 aromatic heterocycles. The highest BCUT2D eigenvalue weighted by Crippen LogP contribution is 2.29. The van der Waals surface area contributed by atoms with E-state index >= 15 is 0 Å². The standard InChI is InChI=1S/C22H18FN3O5S/c23-19-4-2-1-3-17(19)18(13-27)22(28)25-10-15-11-26(24-20(15)12-25)32(29,30)16-5-6-21-14(9-16)7-8-31-21/h1-9,11,18,27H,10,12-13H2. The van der Waals surface area contributed by atoms with Crippen LogP contribution in [0.5, 0.6) is 0 Å². The van der Waals surface area contributed by atoms with Gasteiger partial charge in [-0.25, -0.2) is 4.39 Å². The van der Waals surface area contributed by atoms with E-state index in [1.54, 1.807) is 18.2 Å². The van der Waals surface area contributed by atoms with Gasteiger partial charge in [0.2, 0.25) is 5.91 Å². The fourth-order valence-electron chi connectivity index (χ4n) is 3.91. The van der Waals surface area contributed by atoms with Crippen LogP contribution in [0.4, 0.5) is 4.39 Å². The third-order valence-corrected chi connectivity index (χ3v) is 7.13. The Hall–Kier alpha value is -3.50. The van der Waals surface area contributed by atoms with Crippen LogP contribution in [0, 0.1) is 5.82 Å². The molecule has 4 aromatic rings. The van der Waals surface area contributed by atoms with Gasteiger partial charge in [-0.3, -0.25) is 4.79 Å². The number of fused-ring (bicyclic) bond motifs is 2. The maximum atomic E-state index is 14.1. The highest BCUT2D eigenvalue weighted by molar-refractivity contribution is 7.89.